The number of aromatic nitrogens is 3. The molecule has 0 bridgehead atoms. The van der Waals surface area contributed by atoms with Crippen LogP contribution in [0.25, 0.3) is 0 Å². The Labute approximate surface area is 113 Å². The van der Waals surface area contributed by atoms with Gasteiger partial charge in [-0.3, -0.25) is 0 Å². The second kappa shape index (κ2) is 6.18. The minimum atomic E-state index is 0.229. The van der Waals surface area contributed by atoms with Crippen LogP contribution in [0.3, 0.4) is 0 Å². The third-order valence-electron chi connectivity index (χ3n) is 3.37. The van der Waals surface area contributed by atoms with Crippen molar-refractivity contribution >= 4 is 23.5 Å². The van der Waals surface area contributed by atoms with E-state index in [1.54, 1.807) is 0 Å². The SMILES string of the molecule is CCNc1nc(Cl)nc(NC2CCCCC2C)n1. The van der Waals surface area contributed by atoms with Gasteiger partial charge >= 0.3 is 0 Å². The van der Waals surface area contributed by atoms with Crippen LogP contribution in [-0.2, 0) is 0 Å². The van der Waals surface area contributed by atoms with Crippen molar-refractivity contribution < 1.29 is 0 Å². The molecule has 0 saturated heterocycles. The molecule has 1 heterocycles. The van der Waals surface area contributed by atoms with Crippen LogP contribution in [0.2, 0.25) is 5.28 Å². The molecule has 2 unspecified atom stereocenters. The van der Waals surface area contributed by atoms with Gasteiger partial charge in [-0.15, -0.1) is 0 Å². The minimum absolute atomic E-state index is 0.229. The van der Waals surface area contributed by atoms with Gasteiger partial charge in [0.15, 0.2) is 0 Å². The van der Waals surface area contributed by atoms with Gasteiger partial charge in [-0.1, -0.05) is 19.8 Å². The first-order valence-corrected chi connectivity index (χ1v) is 6.99. The summed E-state index contributed by atoms with van der Waals surface area (Å²) in [5, 5.41) is 6.66. The highest BCUT2D eigenvalue weighted by Gasteiger charge is 2.22. The molecule has 18 heavy (non-hydrogen) atoms. The lowest BCUT2D eigenvalue weighted by Gasteiger charge is -2.29. The maximum atomic E-state index is 5.90. The number of hydrogen-bond donors (Lipinski definition) is 2. The average Bonchev–Trinajstić information content (AvgIpc) is 2.32. The van der Waals surface area contributed by atoms with E-state index in [-0.39, 0.29) is 5.28 Å². The molecule has 1 saturated carbocycles. The lowest BCUT2D eigenvalue weighted by atomic mass is 9.86. The van der Waals surface area contributed by atoms with Crippen LogP contribution in [-0.4, -0.2) is 27.5 Å². The van der Waals surface area contributed by atoms with Gasteiger partial charge in [0.05, 0.1) is 0 Å². The summed E-state index contributed by atoms with van der Waals surface area (Å²) in [6, 6.07) is 0.437. The Morgan fingerprint density at radius 3 is 2.61 bits per heavy atom. The van der Waals surface area contributed by atoms with E-state index >= 15 is 0 Å². The molecule has 1 fully saturated rings. The molecule has 0 spiro atoms. The smallest absolute Gasteiger partial charge is 0.229 e. The number of nitrogens with zero attached hydrogens (tertiary/aromatic N) is 3. The molecule has 1 aliphatic rings. The van der Waals surface area contributed by atoms with Gasteiger partial charge in [0.2, 0.25) is 17.2 Å². The zero-order valence-electron chi connectivity index (χ0n) is 10.9. The predicted octanol–water partition coefficient (Wildman–Crippen LogP) is 2.95. The van der Waals surface area contributed by atoms with Gasteiger partial charge in [-0.2, -0.15) is 15.0 Å². The van der Waals surface area contributed by atoms with E-state index < -0.39 is 0 Å². The Balaban J connectivity index is 2.07. The predicted molar refractivity (Wildman–Crippen MR) is 74.0 cm³/mol. The van der Waals surface area contributed by atoms with E-state index in [1.165, 1.54) is 25.7 Å². The molecule has 0 radical (unpaired) electrons. The summed E-state index contributed by atoms with van der Waals surface area (Å²) in [6.07, 6.45) is 5.01. The first kappa shape index (κ1) is 13.3. The molecular weight excluding hydrogens is 250 g/mol. The van der Waals surface area contributed by atoms with Gasteiger partial charge in [0.1, 0.15) is 0 Å². The fourth-order valence-corrected chi connectivity index (χ4v) is 2.51. The van der Waals surface area contributed by atoms with Gasteiger partial charge in [0.25, 0.3) is 0 Å². The molecule has 2 rings (SSSR count). The molecule has 0 aromatic carbocycles. The number of hydrogen-bond acceptors (Lipinski definition) is 5. The monoisotopic (exact) mass is 269 g/mol. The topological polar surface area (TPSA) is 62.7 Å². The van der Waals surface area contributed by atoms with E-state index in [4.69, 9.17) is 11.6 Å². The third-order valence-corrected chi connectivity index (χ3v) is 3.54. The third kappa shape index (κ3) is 3.45. The fourth-order valence-electron chi connectivity index (χ4n) is 2.35. The quantitative estimate of drug-likeness (QED) is 0.880. The minimum Gasteiger partial charge on any atom is -0.354 e. The summed E-state index contributed by atoms with van der Waals surface area (Å²) in [4.78, 5) is 12.5. The van der Waals surface area contributed by atoms with E-state index in [9.17, 15) is 0 Å². The molecule has 1 aromatic rings. The number of anilines is 2. The molecule has 5 nitrogen and oxygen atoms in total. The van der Waals surface area contributed by atoms with E-state index in [0.29, 0.717) is 23.9 Å². The summed E-state index contributed by atoms with van der Waals surface area (Å²) < 4.78 is 0. The standard InChI is InChI=1S/C12H20ClN5/c1-3-14-11-16-10(13)17-12(18-11)15-9-7-5-4-6-8(9)2/h8-9H,3-7H2,1-2H3,(H2,14,15,16,17,18). The van der Waals surface area contributed by atoms with Crippen molar-refractivity contribution in [2.45, 2.75) is 45.6 Å². The molecule has 6 heteroatoms. The molecule has 1 aromatic heterocycles. The highest BCUT2D eigenvalue weighted by molar-refractivity contribution is 6.28. The Morgan fingerprint density at radius 2 is 1.89 bits per heavy atom. The highest BCUT2D eigenvalue weighted by Crippen LogP contribution is 2.26. The number of nitrogens with one attached hydrogen (secondary N) is 2. The number of rotatable bonds is 4. The molecule has 0 amide bonds. The van der Waals surface area contributed by atoms with E-state index in [1.807, 2.05) is 6.92 Å². The van der Waals surface area contributed by atoms with Crippen molar-refractivity contribution in [3.63, 3.8) is 0 Å². The molecular formula is C12H20ClN5. The molecule has 1 aliphatic carbocycles. The van der Waals surface area contributed by atoms with Crippen LogP contribution >= 0.6 is 11.6 Å². The maximum absolute atomic E-state index is 5.90. The van der Waals surface area contributed by atoms with Gasteiger partial charge in [-0.25, -0.2) is 0 Å². The van der Waals surface area contributed by atoms with Crippen molar-refractivity contribution in [1.82, 2.24) is 15.0 Å². The van der Waals surface area contributed by atoms with Crippen LogP contribution in [0, 0.1) is 5.92 Å². The zero-order chi connectivity index (χ0) is 13.0. The summed E-state index contributed by atoms with van der Waals surface area (Å²) in [5.41, 5.74) is 0. The molecule has 100 valence electrons. The summed E-state index contributed by atoms with van der Waals surface area (Å²) in [7, 11) is 0. The second-order valence-corrected chi connectivity index (χ2v) is 5.13. The van der Waals surface area contributed by atoms with Crippen molar-refractivity contribution in [3.8, 4) is 0 Å². The molecule has 2 atom stereocenters. The van der Waals surface area contributed by atoms with Crippen LogP contribution in [0.15, 0.2) is 0 Å². The molecule has 0 aliphatic heterocycles. The second-order valence-electron chi connectivity index (χ2n) is 4.79. The Morgan fingerprint density at radius 1 is 1.17 bits per heavy atom. The van der Waals surface area contributed by atoms with Crippen molar-refractivity contribution in [2.75, 3.05) is 17.2 Å². The highest BCUT2D eigenvalue weighted by atomic mass is 35.5. The Hall–Kier alpha value is -1.10. The zero-order valence-corrected chi connectivity index (χ0v) is 11.7. The van der Waals surface area contributed by atoms with Gasteiger partial charge in [0, 0.05) is 12.6 Å². The summed E-state index contributed by atoms with van der Waals surface area (Å²) in [6.45, 7) is 5.03. The normalized spacial score (nSPS) is 23.7. The van der Waals surface area contributed by atoms with Crippen molar-refractivity contribution in [1.29, 1.82) is 0 Å². The largest absolute Gasteiger partial charge is 0.354 e. The average molecular weight is 270 g/mol. The van der Waals surface area contributed by atoms with E-state index in [2.05, 4.69) is 32.5 Å². The van der Waals surface area contributed by atoms with Crippen molar-refractivity contribution in [2.24, 2.45) is 5.92 Å². The Kier molecular flexibility index (Phi) is 4.58. The van der Waals surface area contributed by atoms with Crippen LogP contribution in [0.1, 0.15) is 39.5 Å². The number of halogens is 1. The fraction of sp³-hybridized carbons (Fsp3) is 0.750. The molecule has 2 N–H and O–H groups in total. The maximum Gasteiger partial charge on any atom is 0.229 e. The first-order valence-electron chi connectivity index (χ1n) is 6.61. The van der Waals surface area contributed by atoms with E-state index in [0.717, 1.165) is 6.54 Å². The van der Waals surface area contributed by atoms with Crippen LogP contribution in [0.5, 0.6) is 0 Å². The lowest BCUT2D eigenvalue weighted by molar-refractivity contribution is 0.348. The Bertz CT molecular complexity index is 398. The van der Waals surface area contributed by atoms with Crippen LogP contribution < -0.4 is 10.6 Å². The van der Waals surface area contributed by atoms with Gasteiger partial charge < -0.3 is 10.6 Å². The van der Waals surface area contributed by atoms with Gasteiger partial charge in [-0.05, 0) is 37.3 Å². The summed E-state index contributed by atoms with van der Waals surface area (Å²) >= 11 is 5.90. The van der Waals surface area contributed by atoms with Crippen molar-refractivity contribution in [3.05, 3.63) is 5.28 Å². The van der Waals surface area contributed by atoms with Crippen LogP contribution in [0.4, 0.5) is 11.9 Å². The summed E-state index contributed by atoms with van der Waals surface area (Å²) in [5.74, 6) is 1.75. The lowest BCUT2D eigenvalue weighted by Crippen LogP contribution is -2.31. The first-order chi connectivity index (χ1) is 8.69.